The number of anilines is 1. The fourth-order valence-electron chi connectivity index (χ4n) is 2.31. The van der Waals surface area contributed by atoms with Crippen LogP contribution in [0.1, 0.15) is 44.0 Å². The molecule has 1 aromatic heterocycles. The summed E-state index contributed by atoms with van der Waals surface area (Å²) in [5.74, 6) is -0.0575. The second-order valence-electron chi connectivity index (χ2n) is 5.20. The number of hydrogen-bond donors (Lipinski definition) is 2. The second kappa shape index (κ2) is 6.99. The summed E-state index contributed by atoms with van der Waals surface area (Å²) in [4.78, 5) is 15.2. The lowest BCUT2D eigenvalue weighted by Crippen LogP contribution is -2.22. The Bertz CT molecular complexity index is 598. The maximum Gasteiger partial charge on any atom is 0.221 e. The third-order valence-electron chi connectivity index (χ3n) is 3.41. The van der Waals surface area contributed by atoms with Crippen LogP contribution in [-0.4, -0.2) is 10.9 Å². The molecule has 0 aliphatic carbocycles. The summed E-state index contributed by atoms with van der Waals surface area (Å²) >= 11 is 0. The van der Waals surface area contributed by atoms with Gasteiger partial charge in [0.25, 0.3) is 0 Å². The van der Waals surface area contributed by atoms with E-state index in [1.807, 2.05) is 30.3 Å². The van der Waals surface area contributed by atoms with Crippen molar-refractivity contribution in [1.82, 2.24) is 10.3 Å². The zero-order chi connectivity index (χ0) is 15.2. The summed E-state index contributed by atoms with van der Waals surface area (Å²) in [7, 11) is 0. The number of pyridine rings is 1. The predicted octanol–water partition coefficient (Wildman–Crippen LogP) is 3.45. The Morgan fingerprint density at radius 2 is 1.71 bits per heavy atom. The number of nitrogens with zero attached hydrogens (tertiary/aromatic N) is 1. The SMILES string of the molecule is CC(=O)Nc1cccc(C(C)N[C@@H](C)c2ccncc2)c1. The molecule has 2 N–H and O–H groups in total. The molecule has 0 saturated heterocycles. The van der Waals surface area contributed by atoms with Gasteiger partial charge in [-0.1, -0.05) is 12.1 Å². The smallest absolute Gasteiger partial charge is 0.221 e. The molecule has 0 aliphatic heterocycles. The van der Waals surface area contributed by atoms with Gasteiger partial charge in [0.2, 0.25) is 5.91 Å². The summed E-state index contributed by atoms with van der Waals surface area (Å²) in [6, 6.07) is 12.3. The molecule has 0 aliphatic rings. The normalized spacial score (nSPS) is 13.5. The van der Waals surface area contributed by atoms with E-state index in [1.54, 1.807) is 12.4 Å². The number of benzene rings is 1. The van der Waals surface area contributed by atoms with E-state index in [4.69, 9.17) is 0 Å². The molecule has 0 radical (unpaired) electrons. The van der Waals surface area contributed by atoms with Gasteiger partial charge in [0.1, 0.15) is 0 Å². The third kappa shape index (κ3) is 4.39. The van der Waals surface area contributed by atoms with Crippen molar-refractivity contribution in [2.45, 2.75) is 32.9 Å². The van der Waals surface area contributed by atoms with Crippen LogP contribution in [0.2, 0.25) is 0 Å². The largest absolute Gasteiger partial charge is 0.326 e. The molecule has 4 nitrogen and oxygen atoms in total. The summed E-state index contributed by atoms with van der Waals surface area (Å²) < 4.78 is 0. The molecule has 2 aromatic rings. The van der Waals surface area contributed by atoms with Crippen molar-refractivity contribution in [3.05, 3.63) is 59.9 Å². The number of nitrogens with one attached hydrogen (secondary N) is 2. The summed E-state index contributed by atoms with van der Waals surface area (Å²) in [5.41, 5.74) is 3.17. The molecule has 1 unspecified atom stereocenters. The zero-order valence-corrected chi connectivity index (χ0v) is 12.6. The number of rotatable bonds is 5. The number of aromatic nitrogens is 1. The fourth-order valence-corrected chi connectivity index (χ4v) is 2.31. The molecule has 4 heteroatoms. The third-order valence-corrected chi connectivity index (χ3v) is 3.41. The molecule has 0 fully saturated rings. The molecule has 0 saturated carbocycles. The Morgan fingerprint density at radius 1 is 1.05 bits per heavy atom. The molecule has 0 bridgehead atoms. The van der Waals surface area contributed by atoms with Crippen molar-refractivity contribution >= 4 is 11.6 Å². The van der Waals surface area contributed by atoms with E-state index in [0.717, 1.165) is 11.3 Å². The highest BCUT2D eigenvalue weighted by molar-refractivity contribution is 5.88. The van der Waals surface area contributed by atoms with Crippen LogP contribution in [0.15, 0.2) is 48.8 Å². The molecule has 2 atom stereocenters. The van der Waals surface area contributed by atoms with Crippen molar-refractivity contribution < 1.29 is 4.79 Å². The predicted molar refractivity (Wildman–Crippen MR) is 84.9 cm³/mol. The Hall–Kier alpha value is -2.20. The lowest BCUT2D eigenvalue weighted by atomic mass is 10.0. The van der Waals surface area contributed by atoms with E-state index in [9.17, 15) is 4.79 Å². The van der Waals surface area contributed by atoms with Gasteiger partial charge in [-0.15, -0.1) is 0 Å². The summed E-state index contributed by atoms with van der Waals surface area (Å²) in [5, 5.41) is 6.36. The topological polar surface area (TPSA) is 54.0 Å². The first-order chi connectivity index (χ1) is 10.1. The van der Waals surface area contributed by atoms with Crippen molar-refractivity contribution in [2.24, 2.45) is 0 Å². The van der Waals surface area contributed by atoms with Crippen molar-refractivity contribution in [2.75, 3.05) is 5.32 Å². The van der Waals surface area contributed by atoms with E-state index in [-0.39, 0.29) is 18.0 Å². The average Bonchev–Trinajstić information content (AvgIpc) is 2.47. The molecule has 1 amide bonds. The molecular weight excluding hydrogens is 262 g/mol. The molecule has 0 spiro atoms. The highest BCUT2D eigenvalue weighted by Gasteiger charge is 2.11. The maximum atomic E-state index is 11.1. The monoisotopic (exact) mass is 283 g/mol. The van der Waals surface area contributed by atoms with Crippen LogP contribution in [0.4, 0.5) is 5.69 Å². The number of hydrogen-bond acceptors (Lipinski definition) is 3. The van der Waals surface area contributed by atoms with E-state index >= 15 is 0 Å². The van der Waals surface area contributed by atoms with Gasteiger partial charge < -0.3 is 10.6 Å². The van der Waals surface area contributed by atoms with Crippen molar-refractivity contribution in [3.63, 3.8) is 0 Å². The number of amides is 1. The van der Waals surface area contributed by atoms with Crippen LogP contribution in [0.3, 0.4) is 0 Å². The molecule has 1 aromatic carbocycles. The maximum absolute atomic E-state index is 11.1. The summed E-state index contributed by atoms with van der Waals surface area (Å²) in [6.07, 6.45) is 3.60. The second-order valence-corrected chi connectivity index (χ2v) is 5.20. The van der Waals surface area contributed by atoms with Gasteiger partial charge in [-0.05, 0) is 49.2 Å². The molecule has 1 heterocycles. The van der Waals surface area contributed by atoms with Crippen LogP contribution < -0.4 is 10.6 Å². The minimum atomic E-state index is -0.0575. The van der Waals surface area contributed by atoms with Crippen LogP contribution >= 0.6 is 0 Å². The molecule has 21 heavy (non-hydrogen) atoms. The van der Waals surface area contributed by atoms with E-state index in [1.165, 1.54) is 12.5 Å². The molecule has 110 valence electrons. The van der Waals surface area contributed by atoms with Crippen LogP contribution in [0, 0.1) is 0 Å². The first-order valence-electron chi connectivity index (χ1n) is 7.10. The average molecular weight is 283 g/mol. The zero-order valence-electron chi connectivity index (χ0n) is 12.6. The highest BCUT2D eigenvalue weighted by Crippen LogP contribution is 2.21. The Morgan fingerprint density at radius 3 is 2.38 bits per heavy atom. The number of carbonyl (C=O) groups is 1. The van der Waals surface area contributed by atoms with Gasteiger partial charge in [-0.3, -0.25) is 9.78 Å². The Labute approximate surface area is 125 Å². The van der Waals surface area contributed by atoms with E-state index in [2.05, 4.69) is 35.5 Å². The van der Waals surface area contributed by atoms with Crippen LogP contribution in [0.25, 0.3) is 0 Å². The lowest BCUT2D eigenvalue weighted by Gasteiger charge is -2.21. The highest BCUT2D eigenvalue weighted by atomic mass is 16.1. The standard InChI is InChI=1S/C17H21N3O/c1-12(15-7-9-18-10-8-15)19-13(2)16-5-4-6-17(11-16)20-14(3)21/h4-13,19H,1-3H3,(H,20,21)/t12-,13?/m0/s1. The quantitative estimate of drug-likeness (QED) is 0.883. The Kier molecular flexibility index (Phi) is 5.06. The Balaban J connectivity index is 2.06. The lowest BCUT2D eigenvalue weighted by molar-refractivity contribution is -0.114. The van der Waals surface area contributed by atoms with E-state index < -0.39 is 0 Å². The van der Waals surface area contributed by atoms with Crippen LogP contribution in [-0.2, 0) is 4.79 Å². The van der Waals surface area contributed by atoms with Crippen molar-refractivity contribution in [3.8, 4) is 0 Å². The first kappa shape index (κ1) is 15.2. The first-order valence-corrected chi connectivity index (χ1v) is 7.10. The van der Waals surface area contributed by atoms with Gasteiger partial charge in [-0.2, -0.15) is 0 Å². The molecule has 2 rings (SSSR count). The number of carbonyl (C=O) groups excluding carboxylic acids is 1. The summed E-state index contributed by atoms with van der Waals surface area (Å²) in [6.45, 7) is 5.76. The van der Waals surface area contributed by atoms with Crippen LogP contribution in [0.5, 0.6) is 0 Å². The van der Waals surface area contributed by atoms with E-state index in [0.29, 0.717) is 0 Å². The van der Waals surface area contributed by atoms with Gasteiger partial charge in [0, 0.05) is 37.1 Å². The molecular formula is C17H21N3O. The van der Waals surface area contributed by atoms with Gasteiger partial charge in [0.05, 0.1) is 0 Å². The minimum absolute atomic E-state index is 0.0575. The van der Waals surface area contributed by atoms with Gasteiger partial charge in [0.15, 0.2) is 0 Å². The minimum Gasteiger partial charge on any atom is -0.326 e. The van der Waals surface area contributed by atoms with Gasteiger partial charge >= 0.3 is 0 Å². The fraction of sp³-hybridized carbons (Fsp3) is 0.294. The van der Waals surface area contributed by atoms with Gasteiger partial charge in [-0.25, -0.2) is 0 Å². The van der Waals surface area contributed by atoms with Crippen molar-refractivity contribution in [1.29, 1.82) is 0 Å².